The number of hydrogen-bond acceptors (Lipinski definition) is 8. The summed E-state index contributed by atoms with van der Waals surface area (Å²) in [4.78, 5) is 36.5. The Morgan fingerprint density at radius 2 is 1.86 bits per heavy atom. The van der Waals surface area contributed by atoms with Crippen LogP contribution in [0.25, 0.3) is 0 Å². The minimum Gasteiger partial charge on any atom is -0.458 e. The second-order valence-electron chi connectivity index (χ2n) is 12.7. The number of aliphatic hydroxyl groups excluding tert-OH is 1. The number of ether oxygens (including phenoxy) is 4. The molecule has 3 aliphatic heterocycles. The molecular formula is C33H52N2O8. The minimum atomic E-state index is -0.783. The third-order valence-electron chi connectivity index (χ3n) is 8.33. The molecular weight excluding hydrogens is 552 g/mol. The first-order valence-corrected chi connectivity index (χ1v) is 15.8. The Bertz CT molecular complexity index is 1050. The van der Waals surface area contributed by atoms with Crippen LogP contribution >= 0.6 is 0 Å². The van der Waals surface area contributed by atoms with E-state index in [1.165, 1.54) is 6.08 Å². The molecule has 0 unspecified atom stereocenters. The molecule has 3 rings (SSSR count). The summed E-state index contributed by atoms with van der Waals surface area (Å²) in [6.45, 7) is 14.5. The zero-order chi connectivity index (χ0) is 31.7. The van der Waals surface area contributed by atoms with Crippen LogP contribution in [-0.2, 0) is 33.3 Å². The van der Waals surface area contributed by atoms with Crippen molar-refractivity contribution in [1.29, 1.82) is 0 Å². The molecule has 0 bridgehead atoms. The summed E-state index contributed by atoms with van der Waals surface area (Å²) in [5, 5.41) is 16.8. The van der Waals surface area contributed by atoms with Crippen LogP contribution in [0.5, 0.6) is 0 Å². The maximum Gasteiger partial charge on any atom is 0.308 e. The molecule has 3 aliphatic rings. The standard InChI is InChI=1S/C33H52N2O8/c1-8-15-34-30(37)17-25-18-33(19-40-33)31(38)28(43-25)13-10-21(4)9-12-27-22(5)16-26(24(7)42-27)35-29(36)14-11-23(6)41-32(39)20(2)3/h9-11,13-14,20,22-28,31,38H,8,12,15-19H2,1-7H3,(H,34,37)(H,35,36)/t22-,23-,24+,25+,26+,27-,28+,31+,33+/m0/s1. The van der Waals surface area contributed by atoms with Gasteiger partial charge < -0.3 is 34.7 Å². The average Bonchev–Trinajstić information content (AvgIpc) is 3.72. The zero-order valence-corrected chi connectivity index (χ0v) is 26.8. The number of hydrogen-bond donors (Lipinski definition) is 3. The second-order valence-corrected chi connectivity index (χ2v) is 12.7. The Kier molecular flexibility index (Phi) is 13.0. The summed E-state index contributed by atoms with van der Waals surface area (Å²) in [6, 6.07) is -0.124. The zero-order valence-electron chi connectivity index (χ0n) is 26.8. The number of nitrogens with one attached hydrogen (secondary N) is 2. The van der Waals surface area contributed by atoms with E-state index in [-0.39, 0.29) is 60.4 Å². The van der Waals surface area contributed by atoms with Gasteiger partial charge in [0.15, 0.2) is 0 Å². The van der Waals surface area contributed by atoms with Crippen molar-refractivity contribution in [2.75, 3.05) is 13.2 Å². The van der Waals surface area contributed by atoms with Gasteiger partial charge in [-0.25, -0.2) is 0 Å². The Morgan fingerprint density at radius 1 is 1.14 bits per heavy atom. The van der Waals surface area contributed by atoms with Gasteiger partial charge in [0.2, 0.25) is 11.8 Å². The molecule has 10 nitrogen and oxygen atoms in total. The van der Waals surface area contributed by atoms with E-state index in [0.717, 1.165) is 18.4 Å². The first-order chi connectivity index (χ1) is 20.3. The number of amides is 2. The molecule has 10 heteroatoms. The summed E-state index contributed by atoms with van der Waals surface area (Å²) in [6.07, 6.45) is 9.72. The molecule has 242 valence electrons. The first-order valence-electron chi connectivity index (χ1n) is 15.8. The number of rotatable bonds is 13. The molecule has 0 aromatic carbocycles. The van der Waals surface area contributed by atoms with Crippen LogP contribution in [0, 0.1) is 11.8 Å². The summed E-state index contributed by atoms with van der Waals surface area (Å²) < 4.78 is 23.3. The normalized spacial score (nSPS) is 33.6. The van der Waals surface area contributed by atoms with Crippen LogP contribution in [0.2, 0.25) is 0 Å². The van der Waals surface area contributed by atoms with Crippen LogP contribution in [0.3, 0.4) is 0 Å². The SMILES string of the molecule is CCCNC(=O)C[C@@H]1C[C@@]2(CO2)[C@H](O)[C@@H](C=CC(C)=CC[C@@H]2O[C@H](C)[C@H](NC(=O)C=C[C@H](C)OC(=O)C(C)C)C[C@@H]2C)O1. The fourth-order valence-electron chi connectivity index (χ4n) is 5.49. The Hall–Kier alpha value is -2.53. The average molecular weight is 605 g/mol. The smallest absolute Gasteiger partial charge is 0.308 e. The number of aliphatic hydroxyl groups is 1. The Labute approximate surface area is 256 Å². The van der Waals surface area contributed by atoms with Gasteiger partial charge in [-0.05, 0) is 52.0 Å². The fourth-order valence-corrected chi connectivity index (χ4v) is 5.49. The van der Waals surface area contributed by atoms with E-state index >= 15 is 0 Å². The number of carbonyl (C=O) groups is 3. The van der Waals surface area contributed by atoms with Crippen molar-refractivity contribution in [3.05, 3.63) is 36.0 Å². The van der Waals surface area contributed by atoms with Crippen molar-refractivity contribution in [3.63, 3.8) is 0 Å². The van der Waals surface area contributed by atoms with Gasteiger partial charge in [0, 0.05) is 19.0 Å². The summed E-state index contributed by atoms with van der Waals surface area (Å²) >= 11 is 0. The second kappa shape index (κ2) is 16.0. The molecule has 0 saturated carbocycles. The van der Waals surface area contributed by atoms with Crippen molar-refractivity contribution >= 4 is 17.8 Å². The highest BCUT2D eigenvalue weighted by atomic mass is 16.6. The number of allylic oxidation sites excluding steroid dienone is 2. The van der Waals surface area contributed by atoms with Crippen molar-refractivity contribution in [3.8, 4) is 0 Å². The van der Waals surface area contributed by atoms with Crippen molar-refractivity contribution in [2.24, 2.45) is 11.8 Å². The minimum absolute atomic E-state index is 0.00294. The molecule has 3 heterocycles. The van der Waals surface area contributed by atoms with Gasteiger partial charge in [-0.2, -0.15) is 0 Å². The maximum atomic E-state index is 12.5. The molecule has 3 fully saturated rings. The fraction of sp³-hybridized carbons (Fsp3) is 0.727. The van der Waals surface area contributed by atoms with E-state index in [1.807, 2.05) is 32.9 Å². The molecule has 0 radical (unpaired) electrons. The van der Waals surface area contributed by atoms with Crippen LogP contribution in [0.15, 0.2) is 36.0 Å². The lowest BCUT2D eigenvalue weighted by molar-refractivity contribution is -0.150. The molecule has 0 aromatic heterocycles. The number of carbonyl (C=O) groups excluding carboxylic acids is 3. The quantitative estimate of drug-likeness (QED) is 0.126. The van der Waals surface area contributed by atoms with Crippen LogP contribution in [0.1, 0.15) is 80.6 Å². The lowest BCUT2D eigenvalue weighted by Gasteiger charge is -2.39. The van der Waals surface area contributed by atoms with E-state index in [4.69, 9.17) is 18.9 Å². The number of epoxide rings is 1. The Balaban J connectivity index is 1.48. The largest absolute Gasteiger partial charge is 0.458 e. The topological polar surface area (TPSA) is 136 Å². The highest BCUT2D eigenvalue weighted by molar-refractivity contribution is 5.87. The Morgan fingerprint density at radius 3 is 2.51 bits per heavy atom. The van der Waals surface area contributed by atoms with Crippen LogP contribution in [-0.4, -0.2) is 84.3 Å². The van der Waals surface area contributed by atoms with Gasteiger partial charge in [-0.3, -0.25) is 14.4 Å². The highest BCUT2D eigenvalue weighted by Crippen LogP contribution is 2.43. The molecule has 9 atom stereocenters. The first kappa shape index (κ1) is 35.0. The highest BCUT2D eigenvalue weighted by Gasteiger charge is 2.58. The third kappa shape index (κ3) is 10.6. The van der Waals surface area contributed by atoms with Gasteiger partial charge in [-0.15, -0.1) is 0 Å². The molecule has 0 aliphatic carbocycles. The van der Waals surface area contributed by atoms with Crippen molar-refractivity contribution < 1.29 is 38.4 Å². The van der Waals surface area contributed by atoms with Gasteiger partial charge >= 0.3 is 5.97 Å². The molecule has 1 spiro atoms. The monoisotopic (exact) mass is 604 g/mol. The summed E-state index contributed by atoms with van der Waals surface area (Å²) in [5.41, 5.74) is 0.392. The predicted octanol–water partition coefficient (Wildman–Crippen LogP) is 3.52. The van der Waals surface area contributed by atoms with Crippen LogP contribution < -0.4 is 10.6 Å². The molecule has 3 saturated heterocycles. The van der Waals surface area contributed by atoms with Gasteiger partial charge in [0.1, 0.15) is 23.9 Å². The third-order valence-corrected chi connectivity index (χ3v) is 8.33. The molecule has 3 N–H and O–H groups in total. The van der Waals surface area contributed by atoms with Crippen molar-refractivity contribution in [2.45, 2.75) is 129 Å². The van der Waals surface area contributed by atoms with Crippen molar-refractivity contribution in [1.82, 2.24) is 10.6 Å². The lowest BCUT2D eigenvalue weighted by atomic mass is 9.87. The molecule has 0 aromatic rings. The maximum absolute atomic E-state index is 12.5. The lowest BCUT2D eigenvalue weighted by Crippen LogP contribution is -2.50. The van der Waals surface area contributed by atoms with Crippen LogP contribution in [0.4, 0.5) is 0 Å². The summed E-state index contributed by atoms with van der Waals surface area (Å²) in [5.74, 6) is -0.592. The van der Waals surface area contributed by atoms with E-state index in [1.54, 1.807) is 26.8 Å². The van der Waals surface area contributed by atoms with Gasteiger partial charge in [0.25, 0.3) is 0 Å². The molecule has 43 heavy (non-hydrogen) atoms. The van der Waals surface area contributed by atoms with Gasteiger partial charge in [-0.1, -0.05) is 51.5 Å². The predicted molar refractivity (Wildman–Crippen MR) is 163 cm³/mol. The van der Waals surface area contributed by atoms with E-state index in [2.05, 4.69) is 23.6 Å². The number of esters is 1. The van der Waals surface area contributed by atoms with E-state index < -0.39 is 23.9 Å². The summed E-state index contributed by atoms with van der Waals surface area (Å²) in [7, 11) is 0. The van der Waals surface area contributed by atoms with Gasteiger partial charge in [0.05, 0.1) is 43.3 Å². The molecule has 2 amide bonds. The van der Waals surface area contributed by atoms with E-state index in [9.17, 15) is 19.5 Å². The van der Waals surface area contributed by atoms with E-state index in [0.29, 0.717) is 26.0 Å².